The number of benzene rings is 2. The molecule has 9 rings (SSSR count). The van der Waals surface area contributed by atoms with Crippen molar-refractivity contribution < 1.29 is 42.3 Å². The third kappa shape index (κ3) is 7.66. The van der Waals surface area contributed by atoms with Crippen molar-refractivity contribution >= 4 is 64.3 Å². The topological polar surface area (TPSA) is 190 Å². The van der Waals surface area contributed by atoms with E-state index in [0.29, 0.717) is 36.0 Å². The highest BCUT2D eigenvalue weighted by atomic mass is 19.3. The lowest BCUT2D eigenvalue weighted by Gasteiger charge is -2.43. The molecule has 1 aromatic heterocycles. The minimum Gasteiger partial charge on any atom is -0.495 e. The van der Waals surface area contributed by atoms with E-state index >= 15 is 8.78 Å². The molecule has 4 fully saturated rings. The number of amides is 6. The molecule has 3 aromatic rings. The van der Waals surface area contributed by atoms with Crippen molar-refractivity contribution in [1.29, 1.82) is 0 Å². The number of imide groups is 2. The number of rotatable bonds is 10. The lowest BCUT2D eigenvalue weighted by molar-refractivity contribution is -0.140. The van der Waals surface area contributed by atoms with Crippen molar-refractivity contribution in [3.05, 3.63) is 59.3 Å². The van der Waals surface area contributed by atoms with Gasteiger partial charge in [-0.05, 0) is 74.4 Å². The summed E-state index contributed by atoms with van der Waals surface area (Å²) in [6, 6.07) is 8.98. The van der Waals surface area contributed by atoms with E-state index in [1.807, 2.05) is 6.07 Å². The largest absolute Gasteiger partial charge is 0.495 e. The van der Waals surface area contributed by atoms with Gasteiger partial charge in [0.15, 0.2) is 5.82 Å². The first kappa shape index (κ1) is 41.1. The molecule has 6 amide bonds. The van der Waals surface area contributed by atoms with Crippen molar-refractivity contribution in [2.75, 3.05) is 73.4 Å². The molecule has 0 radical (unpaired) electrons. The Morgan fingerprint density at radius 1 is 0.952 bits per heavy atom. The standard InChI is InChI=1S/C43H48F2N10O7/c1-51-33-19-46-42(50-36(33)54(27-5-3-4-6-27)23-43(44,45)41(51)61)48-31-10-7-25(17-34(31)62-2)37(57)47-26-21-52(22-26)20-24-13-15-53(16-14-24)28-8-9-29-30(18-28)40(60)55(39(29)59)32-11-12-35(56)49-38(32)58/h7-10,17-19,24,26-27,32H,3-6,11-16,20-23H2,1-2H3,(H,47,57)(H,46,48,50)(H,49,56,58). The van der Waals surface area contributed by atoms with Crippen LogP contribution in [0.2, 0.25) is 0 Å². The molecule has 62 heavy (non-hydrogen) atoms. The number of aromatic nitrogens is 2. The van der Waals surface area contributed by atoms with Crippen LogP contribution in [-0.4, -0.2) is 133 Å². The fourth-order valence-electron chi connectivity index (χ4n) is 9.63. The van der Waals surface area contributed by atoms with Gasteiger partial charge in [-0.15, -0.1) is 0 Å². The molecular formula is C43H48F2N10O7. The molecule has 1 atom stereocenters. The minimum atomic E-state index is -3.59. The second-order valence-corrected chi connectivity index (χ2v) is 17.1. The van der Waals surface area contributed by atoms with Crippen LogP contribution in [0.4, 0.5) is 37.6 Å². The Balaban J connectivity index is 0.764. The van der Waals surface area contributed by atoms with Crippen molar-refractivity contribution in [1.82, 2.24) is 30.4 Å². The number of methoxy groups -OCH3 is 1. The van der Waals surface area contributed by atoms with Crippen LogP contribution in [0.25, 0.3) is 0 Å². The summed E-state index contributed by atoms with van der Waals surface area (Å²) in [6.45, 7) is 3.11. The highest BCUT2D eigenvalue weighted by molar-refractivity contribution is 6.23. The molecule has 3 saturated heterocycles. The molecule has 1 aliphatic carbocycles. The lowest BCUT2D eigenvalue weighted by Crippen LogP contribution is -2.60. The van der Waals surface area contributed by atoms with E-state index in [-0.39, 0.29) is 59.4 Å². The Kier molecular flexibility index (Phi) is 10.8. The summed E-state index contributed by atoms with van der Waals surface area (Å²) in [6.07, 6.45) is 6.69. The summed E-state index contributed by atoms with van der Waals surface area (Å²) in [5.41, 5.74) is 2.45. The normalized spacial score (nSPS) is 22.3. The van der Waals surface area contributed by atoms with Crippen LogP contribution in [-0.2, 0) is 14.4 Å². The van der Waals surface area contributed by atoms with Gasteiger partial charge in [0.2, 0.25) is 17.8 Å². The Morgan fingerprint density at radius 3 is 2.42 bits per heavy atom. The van der Waals surface area contributed by atoms with Crippen molar-refractivity contribution in [3.8, 4) is 5.75 Å². The Hall–Kier alpha value is -6.24. The van der Waals surface area contributed by atoms with Crippen LogP contribution in [0.1, 0.15) is 82.4 Å². The number of ether oxygens (including phenoxy) is 1. The average molecular weight is 855 g/mol. The third-order valence-corrected chi connectivity index (χ3v) is 13.1. The molecule has 0 bridgehead atoms. The monoisotopic (exact) mass is 854 g/mol. The summed E-state index contributed by atoms with van der Waals surface area (Å²) in [5.74, 6) is -6.02. The van der Waals surface area contributed by atoms with E-state index in [1.54, 1.807) is 35.2 Å². The van der Waals surface area contributed by atoms with Crippen LogP contribution in [0.15, 0.2) is 42.6 Å². The number of fused-ring (bicyclic) bond motifs is 2. The molecule has 3 N–H and O–H groups in total. The van der Waals surface area contributed by atoms with Gasteiger partial charge in [0.05, 0.1) is 42.7 Å². The number of alkyl halides is 2. The molecule has 5 aliphatic heterocycles. The summed E-state index contributed by atoms with van der Waals surface area (Å²) in [4.78, 5) is 93.5. The van der Waals surface area contributed by atoms with Gasteiger partial charge in [-0.1, -0.05) is 12.8 Å². The predicted molar refractivity (Wildman–Crippen MR) is 222 cm³/mol. The van der Waals surface area contributed by atoms with Gasteiger partial charge >= 0.3 is 5.92 Å². The molecule has 0 spiro atoms. The second-order valence-electron chi connectivity index (χ2n) is 17.1. The van der Waals surface area contributed by atoms with E-state index in [2.05, 4.69) is 35.7 Å². The maximum atomic E-state index is 15.0. The maximum Gasteiger partial charge on any atom is 0.342 e. The zero-order valence-corrected chi connectivity index (χ0v) is 34.5. The Bertz CT molecular complexity index is 2340. The van der Waals surface area contributed by atoms with Crippen LogP contribution in [0, 0.1) is 5.92 Å². The molecule has 6 heterocycles. The van der Waals surface area contributed by atoms with Crippen LogP contribution in [0.5, 0.6) is 5.75 Å². The van der Waals surface area contributed by atoms with Gasteiger partial charge in [-0.2, -0.15) is 13.8 Å². The highest BCUT2D eigenvalue weighted by Crippen LogP contribution is 2.40. The highest BCUT2D eigenvalue weighted by Gasteiger charge is 2.49. The van der Waals surface area contributed by atoms with E-state index in [4.69, 9.17) is 4.74 Å². The number of hydrogen-bond donors (Lipinski definition) is 3. The summed E-state index contributed by atoms with van der Waals surface area (Å²) < 4.78 is 35.7. The third-order valence-electron chi connectivity index (χ3n) is 13.1. The molecule has 1 saturated carbocycles. The summed E-state index contributed by atoms with van der Waals surface area (Å²) in [7, 11) is 2.79. The number of hydrogen-bond acceptors (Lipinski definition) is 13. The van der Waals surface area contributed by atoms with Crippen molar-refractivity contribution in [2.45, 2.75) is 75.4 Å². The maximum absolute atomic E-state index is 15.0. The Morgan fingerprint density at radius 2 is 1.69 bits per heavy atom. The van der Waals surface area contributed by atoms with Gasteiger partial charge in [0.25, 0.3) is 23.6 Å². The first-order valence-corrected chi connectivity index (χ1v) is 21.2. The zero-order valence-electron chi connectivity index (χ0n) is 34.5. The van der Waals surface area contributed by atoms with Crippen molar-refractivity contribution in [2.24, 2.45) is 5.92 Å². The number of anilines is 5. The van der Waals surface area contributed by atoms with E-state index in [9.17, 15) is 28.8 Å². The quantitative estimate of drug-likeness (QED) is 0.252. The number of nitrogens with one attached hydrogen (secondary N) is 3. The zero-order chi connectivity index (χ0) is 43.4. The first-order valence-electron chi connectivity index (χ1n) is 21.2. The molecule has 6 aliphatic rings. The first-order chi connectivity index (χ1) is 29.8. The summed E-state index contributed by atoms with van der Waals surface area (Å²) in [5, 5.41) is 8.45. The summed E-state index contributed by atoms with van der Waals surface area (Å²) >= 11 is 0. The van der Waals surface area contributed by atoms with Crippen LogP contribution >= 0.6 is 0 Å². The molecular weight excluding hydrogens is 807 g/mol. The average Bonchev–Trinajstić information content (AvgIpc) is 3.86. The fraction of sp³-hybridized carbons (Fsp3) is 0.488. The second kappa shape index (κ2) is 16.2. The predicted octanol–water partition coefficient (Wildman–Crippen LogP) is 3.32. The molecule has 17 nitrogen and oxygen atoms in total. The van der Waals surface area contributed by atoms with E-state index in [1.165, 1.54) is 20.4 Å². The van der Waals surface area contributed by atoms with Gasteiger partial charge in [0.1, 0.15) is 17.5 Å². The SMILES string of the molecule is COc1cc(C(=O)NC2CN(CC3CCN(c4ccc5c(c4)C(=O)N(C4CCC(=O)NC4=O)C5=O)CC3)C2)ccc1Nc1ncc2c(n1)N(C1CCCC1)CC(F)(F)C(=O)N2C. The smallest absolute Gasteiger partial charge is 0.342 e. The number of halogens is 2. The Labute approximate surface area is 356 Å². The number of carbonyl (C=O) groups excluding carboxylic acids is 6. The van der Waals surface area contributed by atoms with Crippen LogP contribution in [0.3, 0.4) is 0 Å². The lowest BCUT2D eigenvalue weighted by atomic mass is 9.93. The number of nitrogens with zero attached hydrogens (tertiary/aromatic N) is 7. The van der Waals surface area contributed by atoms with E-state index < -0.39 is 48.0 Å². The van der Waals surface area contributed by atoms with Gasteiger partial charge in [-0.25, -0.2) is 4.98 Å². The van der Waals surface area contributed by atoms with Crippen LogP contribution < -0.4 is 35.4 Å². The fourth-order valence-corrected chi connectivity index (χ4v) is 9.63. The molecule has 326 valence electrons. The number of carbonyl (C=O) groups is 6. The molecule has 19 heteroatoms. The number of likely N-dealkylation sites (tertiary alicyclic amines) is 1. The van der Waals surface area contributed by atoms with Gasteiger partial charge in [0, 0.05) is 63.5 Å². The molecule has 1 unspecified atom stereocenters. The van der Waals surface area contributed by atoms with Crippen molar-refractivity contribution in [3.63, 3.8) is 0 Å². The van der Waals surface area contributed by atoms with Gasteiger partial charge in [-0.3, -0.25) is 43.9 Å². The molecule has 2 aromatic carbocycles. The minimum absolute atomic E-state index is 0.0223. The van der Waals surface area contributed by atoms with Gasteiger partial charge < -0.3 is 30.1 Å². The van der Waals surface area contributed by atoms with E-state index in [0.717, 1.165) is 73.6 Å². The number of piperidine rings is 2.